The van der Waals surface area contributed by atoms with Gasteiger partial charge in [-0.05, 0) is 26.0 Å². The molecule has 2 rings (SSSR count). The molecule has 0 radical (unpaired) electrons. The molecular weight excluding hydrogens is 278 g/mol. The first-order chi connectivity index (χ1) is 8.22. The summed E-state index contributed by atoms with van der Waals surface area (Å²) in [7, 11) is 0. The quantitative estimate of drug-likeness (QED) is 0.938. The molecule has 0 saturated heterocycles. The highest BCUT2D eigenvalue weighted by Crippen LogP contribution is 2.26. The van der Waals surface area contributed by atoms with Crippen molar-refractivity contribution in [1.29, 1.82) is 0 Å². The van der Waals surface area contributed by atoms with E-state index in [1.54, 1.807) is 6.33 Å². The predicted octanol–water partition coefficient (Wildman–Crippen LogP) is 3.65. The van der Waals surface area contributed by atoms with Crippen molar-refractivity contribution in [2.75, 3.05) is 11.9 Å². The highest BCUT2D eigenvalue weighted by Gasteiger charge is 2.08. The third-order valence-corrected chi connectivity index (χ3v) is 3.02. The van der Waals surface area contributed by atoms with Crippen LogP contribution in [0.25, 0.3) is 11.3 Å². The van der Waals surface area contributed by atoms with Gasteiger partial charge < -0.3 is 5.32 Å². The van der Waals surface area contributed by atoms with Crippen molar-refractivity contribution >= 4 is 21.7 Å². The summed E-state index contributed by atoms with van der Waals surface area (Å²) < 4.78 is 1.05. The number of nitrogens with zero attached hydrogens (tertiary/aromatic N) is 2. The smallest absolute Gasteiger partial charge is 0.132 e. The van der Waals surface area contributed by atoms with Crippen molar-refractivity contribution in [2.24, 2.45) is 0 Å². The first-order valence-corrected chi connectivity index (χ1v) is 6.33. The zero-order valence-electron chi connectivity index (χ0n) is 9.87. The highest BCUT2D eigenvalue weighted by atomic mass is 79.9. The molecule has 0 spiro atoms. The number of aromatic nitrogens is 2. The second-order valence-corrected chi connectivity index (χ2v) is 4.65. The molecule has 17 heavy (non-hydrogen) atoms. The Hall–Kier alpha value is -1.42. The topological polar surface area (TPSA) is 37.8 Å². The Labute approximate surface area is 109 Å². The molecule has 1 aromatic carbocycles. The standard InChI is InChI=1S/C13H14BrN3/c1-3-15-13-9(2)12(16-8-17-13)10-5-4-6-11(14)7-10/h4-8H,3H2,1-2H3,(H,15,16,17). The summed E-state index contributed by atoms with van der Waals surface area (Å²) in [6.07, 6.45) is 1.60. The van der Waals surface area contributed by atoms with Gasteiger partial charge in [-0.25, -0.2) is 9.97 Å². The lowest BCUT2D eigenvalue weighted by atomic mass is 10.1. The van der Waals surface area contributed by atoms with Crippen LogP contribution in [0.2, 0.25) is 0 Å². The van der Waals surface area contributed by atoms with E-state index in [4.69, 9.17) is 0 Å². The molecule has 0 aliphatic carbocycles. The van der Waals surface area contributed by atoms with Gasteiger partial charge in [0.2, 0.25) is 0 Å². The molecule has 2 aromatic rings. The molecule has 0 saturated carbocycles. The van der Waals surface area contributed by atoms with Gasteiger partial charge in [0, 0.05) is 22.1 Å². The van der Waals surface area contributed by atoms with Crippen LogP contribution in [0, 0.1) is 6.92 Å². The molecule has 0 amide bonds. The Morgan fingerprint density at radius 1 is 1.29 bits per heavy atom. The zero-order chi connectivity index (χ0) is 12.3. The number of nitrogens with one attached hydrogen (secondary N) is 1. The molecule has 1 N–H and O–H groups in total. The lowest BCUT2D eigenvalue weighted by molar-refractivity contribution is 1.09. The maximum atomic E-state index is 4.36. The lowest BCUT2D eigenvalue weighted by Crippen LogP contribution is -2.03. The van der Waals surface area contributed by atoms with E-state index in [2.05, 4.69) is 50.3 Å². The van der Waals surface area contributed by atoms with Gasteiger partial charge in [-0.3, -0.25) is 0 Å². The van der Waals surface area contributed by atoms with Crippen molar-refractivity contribution in [3.63, 3.8) is 0 Å². The first kappa shape index (κ1) is 12.0. The van der Waals surface area contributed by atoms with Gasteiger partial charge in [0.05, 0.1) is 5.69 Å². The molecule has 0 bridgehead atoms. The third kappa shape index (κ3) is 2.64. The minimum atomic E-state index is 0.857. The van der Waals surface area contributed by atoms with Gasteiger partial charge in [0.15, 0.2) is 0 Å². The maximum absolute atomic E-state index is 4.36. The van der Waals surface area contributed by atoms with Crippen LogP contribution in [-0.2, 0) is 0 Å². The van der Waals surface area contributed by atoms with E-state index in [0.29, 0.717) is 0 Å². The largest absolute Gasteiger partial charge is 0.370 e. The van der Waals surface area contributed by atoms with Gasteiger partial charge in [-0.15, -0.1) is 0 Å². The number of anilines is 1. The van der Waals surface area contributed by atoms with Crippen LogP contribution in [0.15, 0.2) is 35.1 Å². The fraction of sp³-hybridized carbons (Fsp3) is 0.231. The Bertz CT molecular complexity index is 526. The first-order valence-electron chi connectivity index (χ1n) is 5.53. The summed E-state index contributed by atoms with van der Waals surface area (Å²) in [5.74, 6) is 0.900. The fourth-order valence-corrected chi connectivity index (χ4v) is 2.12. The number of hydrogen-bond donors (Lipinski definition) is 1. The molecule has 88 valence electrons. The molecule has 4 heteroatoms. The van der Waals surface area contributed by atoms with Crippen LogP contribution in [0.4, 0.5) is 5.82 Å². The minimum Gasteiger partial charge on any atom is -0.370 e. The maximum Gasteiger partial charge on any atom is 0.132 e. The van der Waals surface area contributed by atoms with Crippen LogP contribution in [0.1, 0.15) is 12.5 Å². The number of benzene rings is 1. The van der Waals surface area contributed by atoms with Crippen molar-refractivity contribution in [3.05, 3.63) is 40.6 Å². The molecular formula is C13H14BrN3. The second kappa shape index (κ2) is 5.27. The van der Waals surface area contributed by atoms with Crippen LogP contribution in [-0.4, -0.2) is 16.5 Å². The summed E-state index contributed by atoms with van der Waals surface area (Å²) in [6, 6.07) is 8.12. The monoisotopic (exact) mass is 291 g/mol. The molecule has 1 heterocycles. The molecule has 0 unspecified atom stereocenters. The molecule has 0 aliphatic rings. The molecule has 0 aliphatic heterocycles. The minimum absolute atomic E-state index is 0.857. The van der Waals surface area contributed by atoms with E-state index in [9.17, 15) is 0 Å². The van der Waals surface area contributed by atoms with Crippen LogP contribution >= 0.6 is 15.9 Å². The zero-order valence-corrected chi connectivity index (χ0v) is 11.5. The molecule has 0 fully saturated rings. The Morgan fingerprint density at radius 3 is 2.82 bits per heavy atom. The lowest BCUT2D eigenvalue weighted by Gasteiger charge is -2.10. The normalized spacial score (nSPS) is 10.3. The van der Waals surface area contributed by atoms with Gasteiger partial charge in [-0.1, -0.05) is 28.1 Å². The van der Waals surface area contributed by atoms with Gasteiger partial charge >= 0.3 is 0 Å². The Balaban J connectivity index is 2.49. The Kier molecular flexibility index (Phi) is 3.74. The van der Waals surface area contributed by atoms with Crippen LogP contribution in [0.5, 0.6) is 0 Å². The summed E-state index contributed by atoms with van der Waals surface area (Å²) >= 11 is 3.47. The Morgan fingerprint density at radius 2 is 2.12 bits per heavy atom. The summed E-state index contributed by atoms with van der Waals surface area (Å²) in [4.78, 5) is 8.60. The van der Waals surface area contributed by atoms with E-state index in [-0.39, 0.29) is 0 Å². The van der Waals surface area contributed by atoms with Gasteiger partial charge in [-0.2, -0.15) is 0 Å². The molecule has 0 atom stereocenters. The summed E-state index contributed by atoms with van der Waals surface area (Å²) in [5.41, 5.74) is 3.14. The number of rotatable bonds is 3. The number of halogens is 1. The SMILES string of the molecule is CCNc1ncnc(-c2cccc(Br)c2)c1C. The second-order valence-electron chi connectivity index (χ2n) is 3.74. The van der Waals surface area contributed by atoms with E-state index in [0.717, 1.165) is 33.7 Å². The van der Waals surface area contributed by atoms with Gasteiger partial charge in [0.25, 0.3) is 0 Å². The predicted molar refractivity (Wildman–Crippen MR) is 74.1 cm³/mol. The summed E-state index contributed by atoms with van der Waals surface area (Å²) in [5, 5.41) is 3.24. The fourth-order valence-electron chi connectivity index (χ4n) is 1.72. The van der Waals surface area contributed by atoms with Crippen molar-refractivity contribution in [1.82, 2.24) is 9.97 Å². The highest BCUT2D eigenvalue weighted by molar-refractivity contribution is 9.10. The van der Waals surface area contributed by atoms with E-state index in [1.165, 1.54) is 0 Å². The van der Waals surface area contributed by atoms with Crippen molar-refractivity contribution in [2.45, 2.75) is 13.8 Å². The van der Waals surface area contributed by atoms with E-state index in [1.807, 2.05) is 19.1 Å². The molecule has 1 aromatic heterocycles. The van der Waals surface area contributed by atoms with E-state index >= 15 is 0 Å². The average Bonchev–Trinajstić information content (AvgIpc) is 2.32. The molecule has 3 nitrogen and oxygen atoms in total. The average molecular weight is 292 g/mol. The van der Waals surface area contributed by atoms with E-state index < -0.39 is 0 Å². The van der Waals surface area contributed by atoms with Crippen molar-refractivity contribution < 1.29 is 0 Å². The van der Waals surface area contributed by atoms with Crippen LogP contribution < -0.4 is 5.32 Å². The van der Waals surface area contributed by atoms with Crippen molar-refractivity contribution in [3.8, 4) is 11.3 Å². The van der Waals surface area contributed by atoms with Crippen LogP contribution in [0.3, 0.4) is 0 Å². The van der Waals surface area contributed by atoms with Gasteiger partial charge in [0.1, 0.15) is 12.1 Å². The summed E-state index contributed by atoms with van der Waals surface area (Å²) in [6.45, 7) is 4.95. The third-order valence-electron chi connectivity index (χ3n) is 2.53. The number of hydrogen-bond acceptors (Lipinski definition) is 3.